The first-order valence-electron chi connectivity index (χ1n) is 9.18. The molecule has 0 aliphatic carbocycles. The summed E-state index contributed by atoms with van der Waals surface area (Å²) in [5.41, 5.74) is 0.739. The highest BCUT2D eigenvalue weighted by molar-refractivity contribution is 7.09. The molecule has 1 aromatic heterocycles. The molecule has 1 aliphatic rings. The summed E-state index contributed by atoms with van der Waals surface area (Å²) in [6.07, 6.45) is 1.05. The molecule has 3 rings (SSSR count). The number of piperidine rings is 1. The van der Waals surface area contributed by atoms with E-state index in [-0.39, 0.29) is 30.4 Å². The highest BCUT2D eigenvalue weighted by atomic mass is 32.1. The molecular weight excluding hydrogens is 378 g/mol. The molecule has 148 valence electrons. The maximum Gasteiger partial charge on any atom is 0.321 e. The number of benzene rings is 1. The molecule has 1 aliphatic heterocycles. The van der Waals surface area contributed by atoms with Gasteiger partial charge in [-0.15, -0.1) is 11.3 Å². The number of amides is 3. The normalized spacial score (nSPS) is 14.4. The third-order valence-electron chi connectivity index (χ3n) is 4.53. The minimum atomic E-state index is -0.380. The highest BCUT2D eigenvalue weighted by Crippen LogP contribution is 2.19. The molecule has 1 aromatic carbocycles. The fourth-order valence-electron chi connectivity index (χ4n) is 2.95. The van der Waals surface area contributed by atoms with Gasteiger partial charge in [-0.05, 0) is 36.4 Å². The van der Waals surface area contributed by atoms with E-state index in [1.54, 1.807) is 16.2 Å². The number of rotatable bonds is 6. The van der Waals surface area contributed by atoms with Crippen molar-refractivity contribution in [2.45, 2.75) is 19.4 Å². The Labute approximate surface area is 167 Å². The van der Waals surface area contributed by atoms with Gasteiger partial charge in [0, 0.05) is 23.7 Å². The van der Waals surface area contributed by atoms with Crippen molar-refractivity contribution >= 4 is 34.9 Å². The van der Waals surface area contributed by atoms with Crippen LogP contribution < -0.4 is 10.6 Å². The standard InChI is InChI=1S/C20H23N3O4S/c24-18(21-13-17-7-4-12-28-17)14-27-19(25)15-8-10-23(11-9-15)20(26)22-16-5-2-1-3-6-16/h1-7,12,15H,8-11,13-14H2,(H,21,24)(H,22,26). The lowest BCUT2D eigenvalue weighted by Crippen LogP contribution is -2.43. The van der Waals surface area contributed by atoms with Gasteiger partial charge >= 0.3 is 12.0 Å². The van der Waals surface area contributed by atoms with Crippen LogP contribution in [0, 0.1) is 5.92 Å². The number of esters is 1. The monoisotopic (exact) mass is 401 g/mol. The van der Waals surface area contributed by atoms with E-state index in [0.717, 1.165) is 10.6 Å². The second-order valence-corrected chi connectivity index (χ2v) is 7.55. The van der Waals surface area contributed by atoms with Gasteiger partial charge in [0.25, 0.3) is 5.91 Å². The SMILES string of the molecule is O=C(COC(=O)C1CCN(C(=O)Nc2ccccc2)CC1)NCc1cccs1. The van der Waals surface area contributed by atoms with Gasteiger partial charge in [-0.2, -0.15) is 0 Å². The lowest BCUT2D eigenvalue weighted by Gasteiger charge is -2.30. The second-order valence-electron chi connectivity index (χ2n) is 6.52. The number of likely N-dealkylation sites (tertiary alicyclic amines) is 1. The number of anilines is 1. The Kier molecular flexibility index (Phi) is 7.02. The number of nitrogens with one attached hydrogen (secondary N) is 2. The van der Waals surface area contributed by atoms with E-state index in [4.69, 9.17) is 4.74 Å². The number of hydrogen-bond donors (Lipinski definition) is 2. The van der Waals surface area contributed by atoms with Crippen LogP contribution in [0.2, 0.25) is 0 Å². The first-order valence-corrected chi connectivity index (χ1v) is 10.1. The molecule has 7 nitrogen and oxygen atoms in total. The first kappa shape index (κ1) is 19.9. The number of carbonyl (C=O) groups excluding carboxylic acids is 3. The molecule has 0 radical (unpaired) electrons. The zero-order valence-corrected chi connectivity index (χ0v) is 16.2. The largest absolute Gasteiger partial charge is 0.455 e. The summed E-state index contributed by atoms with van der Waals surface area (Å²) in [5.74, 6) is -0.985. The number of para-hydroxylation sites is 1. The third-order valence-corrected chi connectivity index (χ3v) is 5.40. The second kappa shape index (κ2) is 9.89. The van der Waals surface area contributed by atoms with E-state index < -0.39 is 0 Å². The number of urea groups is 1. The number of thiophene rings is 1. The topological polar surface area (TPSA) is 87.7 Å². The first-order chi connectivity index (χ1) is 13.6. The number of hydrogen-bond acceptors (Lipinski definition) is 5. The van der Waals surface area contributed by atoms with E-state index in [2.05, 4.69) is 10.6 Å². The van der Waals surface area contributed by atoms with Gasteiger partial charge < -0.3 is 20.3 Å². The Morgan fingerprint density at radius 1 is 1.07 bits per heavy atom. The molecule has 0 bridgehead atoms. The third kappa shape index (κ3) is 5.82. The molecule has 2 heterocycles. The fourth-order valence-corrected chi connectivity index (χ4v) is 3.59. The number of ether oxygens (including phenoxy) is 1. The number of nitrogens with zero attached hydrogens (tertiary/aromatic N) is 1. The van der Waals surface area contributed by atoms with Gasteiger partial charge in [-0.1, -0.05) is 24.3 Å². The molecule has 2 aromatic rings. The molecule has 0 saturated carbocycles. The summed E-state index contributed by atoms with van der Waals surface area (Å²) in [4.78, 5) is 39.0. The molecule has 2 N–H and O–H groups in total. The van der Waals surface area contributed by atoms with Crippen LogP contribution in [0.4, 0.5) is 10.5 Å². The molecule has 28 heavy (non-hydrogen) atoms. The summed E-state index contributed by atoms with van der Waals surface area (Å²) in [7, 11) is 0. The van der Waals surface area contributed by atoms with E-state index in [1.165, 1.54) is 0 Å². The van der Waals surface area contributed by atoms with E-state index in [1.807, 2.05) is 47.8 Å². The zero-order chi connectivity index (χ0) is 19.8. The number of carbonyl (C=O) groups is 3. The maximum absolute atomic E-state index is 12.3. The van der Waals surface area contributed by atoms with Crippen molar-refractivity contribution in [3.05, 3.63) is 52.7 Å². The van der Waals surface area contributed by atoms with Crippen molar-refractivity contribution in [3.8, 4) is 0 Å². The van der Waals surface area contributed by atoms with Crippen LogP contribution in [0.5, 0.6) is 0 Å². The van der Waals surface area contributed by atoms with Gasteiger partial charge in [-0.3, -0.25) is 9.59 Å². The smallest absolute Gasteiger partial charge is 0.321 e. The summed E-state index contributed by atoms with van der Waals surface area (Å²) < 4.78 is 5.14. The maximum atomic E-state index is 12.3. The molecule has 0 spiro atoms. The van der Waals surface area contributed by atoms with Crippen LogP contribution in [-0.2, 0) is 20.9 Å². The van der Waals surface area contributed by atoms with Crippen LogP contribution in [0.25, 0.3) is 0 Å². The van der Waals surface area contributed by atoms with Gasteiger partial charge in [0.05, 0.1) is 12.5 Å². The van der Waals surface area contributed by atoms with Crippen molar-refractivity contribution in [1.29, 1.82) is 0 Å². The van der Waals surface area contributed by atoms with Crippen molar-refractivity contribution in [1.82, 2.24) is 10.2 Å². The van der Waals surface area contributed by atoms with Gasteiger partial charge in [0.2, 0.25) is 0 Å². The minimum absolute atomic E-state index is 0.175. The molecular formula is C20H23N3O4S. The summed E-state index contributed by atoms with van der Waals surface area (Å²) in [5, 5.41) is 7.50. The van der Waals surface area contributed by atoms with Gasteiger partial charge in [0.1, 0.15) is 0 Å². The van der Waals surface area contributed by atoms with E-state index in [0.29, 0.717) is 32.5 Å². The Morgan fingerprint density at radius 2 is 1.82 bits per heavy atom. The van der Waals surface area contributed by atoms with Crippen LogP contribution in [0.3, 0.4) is 0 Å². The quantitative estimate of drug-likeness (QED) is 0.729. The Hall–Kier alpha value is -2.87. The summed E-state index contributed by atoms with van der Waals surface area (Å²) in [6, 6.07) is 12.9. The molecule has 8 heteroatoms. The van der Waals surface area contributed by atoms with Crippen molar-refractivity contribution < 1.29 is 19.1 Å². The minimum Gasteiger partial charge on any atom is -0.455 e. The Balaban J connectivity index is 1.35. The van der Waals surface area contributed by atoms with Crippen LogP contribution >= 0.6 is 11.3 Å². The highest BCUT2D eigenvalue weighted by Gasteiger charge is 2.28. The zero-order valence-electron chi connectivity index (χ0n) is 15.4. The van der Waals surface area contributed by atoms with Crippen LogP contribution in [0.15, 0.2) is 47.8 Å². The van der Waals surface area contributed by atoms with E-state index in [9.17, 15) is 14.4 Å². The lowest BCUT2D eigenvalue weighted by atomic mass is 9.97. The molecule has 1 fully saturated rings. The van der Waals surface area contributed by atoms with Crippen molar-refractivity contribution in [3.63, 3.8) is 0 Å². The average Bonchev–Trinajstić information content (AvgIpc) is 3.25. The van der Waals surface area contributed by atoms with Gasteiger partial charge in [-0.25, -0.2) is 4.79 Å². The van der Waals surface area contributed by atoms with Crippen LogP contribution in [0.1, 0.15) is 17.7 Å². The lowest BCUT2D eigenvalue weighted by molar-refractivity contribution is -0.153. The summed E-state index contributed by atoms with van der Waals surface area (Å²) >= 11 is 1.56. The molecule has 1 saturated heterocycles. The van der Waals surface area contributed by atoms with Crippen molar-refractivity contribution in [2.75, 3.05) is 25.0 Å². The summed E-state index contributed by atoms with van der Waals surface area (Å²) in [6.45, 7) is 1.11. The fraction of sp³-hybridized carbons (Fsp3) is 0.350. The van der Waals surface area contributed by atoms with Crippen molar-refractivity contribution in [2.24, 2.45) is 5.92 Å². The molecule has 0 unspecified atom stereocenters. The molecule has 0 atom stereocenters. The van der Waals surface area contributed by atoms with E-state index >= 15 is 0 Å². The molecule has 3 amide bonds. The predicted octanol–water partition coefficient (Wildman–Crippen LogP) is 2.85. The predicted molar refractivity (Wildman–Crippen MR) is 107 cm³/mol. The average molecular weight is 401 g/mol. The van der Waals surface area contributed by atoms with Gasteiger partial charge in [0.15, 0.2) is 6.61 Å². The van der Waals surface area contributed by atoms with Crippen LogP contribution in [-0.4, -0.2) is 42.5 Å². The Bertz CT molecular complexity index is 787. The Morgan fingerprint density at radius 3 is 2.50 bits per heavy atom.